The van der Waals surface area contributed by atoms with Crippen molar-refractivity contribution in [2.45, 2.75) is 19.9 Å². The molecule has 4 heteroatoms. The van der Waals surface area contributed by atoms with Crippen molar-refractivity contribution in [3.63, 3.8) is 0 Å². The molecule has 0 fully saturated rings. The van der Waals surface area contributed by atoms with Crippen molar-refractivity contribution < 1.29 is 4.74 Å². The van der Waals surface area contributed by atoms with Crippen LogP contribution in [0.3, 0.4) is 0 Å². The molecule has 0 unspecified atom stereocenters. The molecule has 2 aromatic rings. The molecule has 0 spiro atoms. The van der Waals surface area contributed by atoms with Crippen LogP contribution in [0.1, 0.15) is 16.7 Å². The van der Waals surface area contributed by atoms with Crippen LogP contribution >= 0.6 is 27.5 Å². The van der Waals surface area contributed by atoms with Crippen LogP contribution in [-0.4, -0.2) is 6.61 Å². The van der Waals surface area contributed by atoms with Crippen LogP contribution in [0.2, 0.25) is 5.02 Å². The van der Waals surface area contributed by atoms with Crippen molar-refractivity contribution in [1.82, 2.24) is 0 Å². The molecule has 0 saturated heterocycles. The van der Waals surface area contributed by atoms with E-state index in [4.69, 9.17) is 16.3 Å². The van der Waals surface area contributed by atoms with Crippen LogP contribution in [0.5, 0.6) is 5.75 Å². The van der Waals surface area contributed by atoms with Gasteiger partial charge < -0.3 is 10.1 Å². The summed E-state index contributed by atoms with van der Waals surface area (Å²) in [6, 6.07) is 10.3. The third-order valence-electron chi connectivity index (χ3n) is 3.49. The minimum absolute atomic E-state index is 0.769. The molecule has 3 rings (SSSR count). The molecule has 0 amide bonds. The van der Waals surface area contributed by atoms with Crippen molar-refractivity contribution in [1.29, 1.82) is 0 Å². The molecule has 0 aromatic heterocycles. The Morgan fingerprint density at radius 2 is 2.15 bits per heavy atom. The first kappa shape index (κ1) is 13.8. The van der Waals surface area contributed by atoms with Crippen LogP contribution in [-0.2, 0) is 13.0 Å². The van der Waals surface area contributed by atoms with Gasteiger partial charge in [0, 0.05) is 22.5 Å². The second-order valence-corrected chi connectivity index (χ2v) is 6.24. The lowest BCUT2D eigenvalue weighted by Gasteiger charge is -2.11. The highest BCUT2D eigenvalue weighted by molar-refractivity contribution is 9.10. The predicted octanol–water partition coefficient (Wildman–Crippen LogP) is 4.96. The van der Waals surface area contributed by atoms with Crippen molar-refractivity contribution in [3.8, 4) is 5.75 Å². The smallest absolute Gasteiger partial charge is 0.122 e. The molecule has 0 saturated carbocycles. The minimum atomic E-state index is 0.769. The first-order chi connectivity index (χ1) is 9.63. The molecular weight excluding hydrogens is 338 g/mol. The molecule has 1 aliphatic rings. The van der Waals surface area contributed by atoms with E-state index < -0.39 is 0 Å². The maximum absolute atomic E-state index is 6.17. The highest BCUT2D eigenvalue weighted by Crippen LogP contribution is 2.30. The fourth-order valence-electron chi connectivity index (χ4n) is 2.33. The van der Waals surface area contributed by atoms with Crippen LogP contribution in [0.4, 0.5) is 5.69 Å². The van der Waals surface area contributed by atoms with E-state index in [0.717, 1.165) is 46.1 Å². The van der Waals surface area contributed by atoms with Crippen molar-refractivity contribution in [2.24, 2.45) is 0 Å². The van der Waals surface area contributed by atoms with E-state index in [1.807, 2.05) is 19.1 Å². The van der Waals surface area contributed by atoms with Gasteiger partial charge in [-0.2, -0.15) is 0 Å². The van der Waals surface area contributed by atoms with E-state index in [1.54, 1.807) is 0 Å². The Bertz CT molecular complexity index is 657. The molecule has 1 heterocycles. The number of rotatable bonds is 3. The van der Waals surface area contributed by atoms with Gasteiger partial charge >= 0.3 is 0 Å². The third kappa shape index (κ3) is 2.79. The van der Waals surface area contributed by atoms with Gasteiger partial charge in [-0.1, -0.05) is 23.7 Å². The number of halogens is 2. The summed E-state index contributed by atoms with van der Waals surface area (Å²) in [7, 11) is 0. The zero-order chi connectivity index (χ0) is 14.1. The van der Waals surface area contributed by atoms with Crippen molar-refractivity contribution >= 4 is 33.2 Å². The molecule has 2 nitrogen and oxygen atoms in total. The summed E-state index contributed by atoms with van der Waals surface area (Å²) in [5, 5.41) is 4.19. The number of aryl methyl sites for hydroxylation is 1. The molecule has 2 aromatic carbocycles. The second-order valence-electron chi connectivity index (χ2n) is 4.98. The van der Waals surface area contributed by atoms with Gasteiger partial charge in [0.2, 0.25) is 0 Å². The highest BCUT2D eigenvalue weighted by Gasteiger charge is 2.12. The van der Waals surface area contributed by atoms with E-state index in [2.05, 4.69) is 39.4 Å². The second kappa shape index (κ2) is 5.66. The number of benzene rings is 2. The largest absolute Gasteiger partial charge is 0.493 e. The van der Waals surface area contributed by atoms with Gasteiger partial charge in [0.1, 0.15) is 5.75 Å². The zero-order valence-corrected chi connectivity index (χ0v) is 13.5. The topological polar surface area (TPSA) is 21.3 Å². The number of anilines is 1. The van der Waals surface area contributed by atoms with Gasteiger partial charge in [-0.3, -0.25) is 0 Å². The number of fused-ring (bicyclic) bond motifs is 1. The highest BCUT2D eigenvalue weighted by atomic mass is 79.9. The molecule has 0 aliphatic carbocycles. The normalized spacial score (nSPS) is 12.9. The Labute approximate surface area is 132 Å². The summed E-state index contributed by atoms with van der Waals surface area (Å²) >= 11 is 9.73. The van der Waals surface area contributed by atoms with Crippen LogP contribution in [0, 0.1) is 6.92 Å². The van der Waals surface area contributed by atoms with Crippen LogP contribution < -0.4 is 10.1 Å². The van der Waals surface area contributed by atoms with Gasteiger partial charge in [0.15, 0.2) is 0 Å². The number of nitrogens with one attached hydrogen (secondary N) is 1. The molecule has 0 radical (unpaired) electrons. The Morgan fingerprint density at radius 3 is 3.00 bits per heavy atom. The Balaban J connectivity index is 1.75. The first-order valence-corrected chi connectivity index (χ1v) is 7.75. The summed E-state index contributed by atoms with van der Waals surface area (Å²) in [6.45, 7) is 3.56. The molecule has 104 valence electrons. The zero-order valence-electron chi connectivity index (χ0n) is 11.2. The average Bonchev–Trinajstić information content (AvgIpc) is 2.89. The molecule has 20 heavy (non-hydrogen) atoms. The number of hydrogen-bond acceptors (Lipinski definition) is 2. The first-order valence-electron chi connectivity index (χ1n) is 6.57. The lowest BCUT2D eigenvalue weighted by molar-refractivity contribution is 0.357. The summed E-state index contributed by atoms with van der Waals surface area (Å²) in [5.41, 5.74) is 4.62. The lowest BCUT2D eigenvalue weighted by Crippen LogP contribution is -2.01. The maximum atomic E-state index is 6.17. The van der Waals surface area contributed by atoms with Crippen LogP contribution in [0.25, 0.3) is 0 Å². The fourth-order valence-corrected chi connectivity index (χ4v) is 3.09. The standard InChI is InChI=1S/C16H15BrClNO/c1-10-6-13(17)15(8-14(10)18)19-9-11-2-3-16-12(7-11)4-5-20-16/h2-3,6-8,19H,4-5,9H2,1H3. The molecule has 0 bridgehead atoms. The SMILES string of the molecule is Cc1cc(Br)c(NCc2ccc3c(c2)CCO3)cc1Cl. The summed E-state index contributed by atoms with van der Waals surface area (Å²) < 4.78 is 6.55. The van der Waals surface area contributed by atoms with Gasteiger partial charge in [0.05, 0.1) is 12.3 Å². The number of ether oxygens (including phenoxy) is 1. The average molecular weight is 353 g/mol. The monoisotopic (exact) mass is 351 g/mol. The minimum Gasteiger partial charge on any atom is -0.493 e. The van der Waals surface area contributed by atoms with Crippen molar-refractivity contribution in [3.05, 3.63) is 56.5 Å². The van der Waals surface area contributed by atoms with Gasteiger partial charge in [-0.05, 0) is 57.7 Å². The summed E-state index contributed by atoms with van der Waals surface area (Å²) in [5.74, 6) is 1.02. The molecule has 1 aliphatic heterocycles. The quantitative estimate of drug-likeness (QED) is 0.843. The van der Waals surface area contributed by atoms with E-state index >= 15 is 0 Å². The van der Waals surface area contributed by atoms with Gasteiger partial charge in [0.25, 0.3) is 0 Å². The fraction of sp³-hybridized carbons (Fsp3) is 0.250. The molecule has 0 atom stereocenters. The van der Waals surface area contributed by atoms with Gasteiger partial charge in [-0.25, -0.2) is 0 Å². The van der Waals surface area contributed by atoms with E-state index in [9.17, 15) is 0 Å². The van der Waals surface area contributed by atoms with E-state index in [0.29, 0.717) is 0 Å². The third-order valence-corrected chi connectivity index (χ3v) is 4.55. The number of hydrogen-bond donors (Lipinski definition) is 1. The molecule has 1 N–H and O–H groups in total. The maximum Gasteiger partial charge on any atom is 0.122 e. The van der Waals surface area contributed by atoms with Crippen molar-refractivity contribution in [2.75, 3.05) is 11.9 Å². The predicted molar refractivity (Wildman–Crippen MR) is 86.9 cm³/mol. The summed E-state index contributed by atoms with van der Waals surface area (Å²) in [6.07, 6.45) is 1.00. The molecular formula is C16H15BrClNO. The lowest BCUT2D eigenvalue weighted by atomic mass is 10.1. The van der Waals surface area contributed by atoms with Gasteiger partial charge in [-0.15, -0.1) is 0 Å². The van der Waals surface area contributed by atoms with E-state index in [1.165, 1.54) is 11.1 Å². The Morgan fingerprint density at radius 1 is 1.30 bits per heavy atom. The Hall–Kier alpha value is -1.19. The summed E-state index contributed by atoms with van der Waals surface area (Å²) in [4.78, 5) is 0. The van der Waals surface area contributed by atoms with E-state index in [-0.39, 0.29) is 0 Å². The Kier molecular flexibility index (Phi) is 3.90. The van der Waals surface area contributed by atoms with Crippen LogP contribution in [0.15, 0.2) is 34.8 Å².